The number of pyridine rings is 1. The largest absolute Gasteiger partial charge is 0.393 e. The van der Waals surface area contributed by atoms with Crippen molar-refractivity contribution in [3.05, 3.63) is 33.6 Å². The molecule has 0 radical (unpaired) electrons. The first-order valence-electron chi connectivity index (χ1n) is 5.26. The molecule has 88 valence electrons. The number of hydrogen-bond acceptors (Lipinski definition) is 4. The van der Waals surface area contributed by atoms with E-state index in [0.29, 0.717) is 17.7 Å². The molecule has 1 heterocycles. The maximum absolute atomic E-state index is 10.8. The highest BCUT2D eigenvalue weighted by atomic mass is 16.6. The highest BCUT2D eigenvalue weighted by Gasteiger charge is 2.20. The lowest BCUT2D eigenvalue weighted by atomic mass is 9.95. The lowest BCUT2D eigenvalue weighted by Gasteiger charge is -2.17. The minimum absolute atomic E-state index is 0.0594. The van der Waals surface area contributed by atoms with E-state index in [2.05, 4.69) is 4.98 Å². The molecule has 0 bridgehead atoms. The molecular weight excluding hydrogens is 208 g/mol. The standard InChI is InChI=1S/C11H16N2O3/c1-4-9(8(3)14)10-5-11(13(15)16)7(2)6-12-10/h5-6,8-9,14H,4H2,1-3H3. The second-order valence-corrected chi connectivity index (χ2v) is 3.91. The predicted octanol–water partition coefficient (Wildman–Crippen LogP) is 2.17. The summed E-state index contributed by atoms with van der Waals surface area (Å²) in [6.07, 6.45) is 1.63. The average Bonchev–Trinajstić information content (AvgIpc) is 2.20. The van der Waals surface area contributed by atoms with Gasteiger partial charge in [0, 0.05) is 23.7 Å². The third kappa shape index (κ3) is 2.55. The van der Waals surface area contributed by atoms with Gasteiger partial charge in [-0.15, -0.1) is 0 Å². The Morgan fingerprint density at radius 3 is 2.69 bits per heavy atom. The van der Waals surface area contributed by atoms with E-state index in [1.165, 1.54) is 12.3 Å². The van der Waals surface area contributed by atoms with Gasteiger partial charge in [-0.25, -0.2) is 0 Å². The van der Waals surface area contributed by atoms with Gasteiger partial charge in [0.05, 0.1) is 16.7 Å². The lowest BCUT2D eigenvalue weighted by Crippen LogP contribution is -2.15. The van der Waals surface area contributed by atoms with Crippen LogP contribution in [0, 0.1) is 17.0 Å². The van der Waals surface area contributed by atoms with Crippen molar-refractivity contribution in [1.82, 2.24) is 4.98 Å². The molecule has 0 aliphatic rings. The zero-order chi connectivity index (χ0) is 12.3. The molecular formula is C11H16N2O3. The molecule has 0 amide bonds. The number of aryl methyl sites for hydroxylation is 1. The van der Waals surface area contributed by atoms with Crippen molar-refractivity contribution in [2.24, 2.45) is 0 Å². The first-order valence-corrected chi connectivity index (χ1v) is 5.26. The monoisotopic (exact) mass is 224 g/mol. The van der Waals surface area contributed by atoms with Crippen LogP contribution >= 0.6 is 0 Å². The molecule has 1 aromatic rings. The SMILES string of the molecule is CCC(c1cc([N+](=O)[O-])c(C)cn1)C(C)O. The first kappa shape index (κ1) is 12.6. The third-order valence-corrected chi connectivity index (χ3v) is 2.69. The first-order chi connectivity index (χ1) is 7.47. The van der Waals surface area contributed by atoms with E-state index in [0.717, 1.165) is 0 Å². The van der Waals surface area contributed by atoms with Crippen LogP contribution in [0.3, 0.4) is 0 Å². The van der Waals surface area contributed by atoms with Gasteiger partial charge in [-0.2, -0.15) is 0 Å². The van der Waals surface area contributed by atoms with Crippen LogP contribution in [-0.2, 0) is 0 Å². The van der Waals surface area contributed by atoms with Gasteiger partial charge in [-0.05, 0) is 20.3 Å². The minimum Gasteiger partial charge on any atom is -0.393 e. The summed E-state index contributed by atoms with van der Waals surface area (Å²) in [4.78, 5) is 14.5. The number of aliphatic hydroxyl groups excluding tert-OH is 1. The lowest BCUT2D eigenvalue weighted by molar-refractivity contribution is -0.385. The number of nitro groups is 1. The number of aliphatic hydroxyl groups is 1. The van der Waals surface area contributed by atoms with Crippen molar-refractivity contribution in [2.75, 3.05) is 0 Å². The summed E-state index contributed by atoms with van der Waals surface area (Å²) >= 11 is 0. The van der Waals surface area contributed by atoms with E-state index in [9.17, 15) is 15.2 Å². The van der Waals surface area contributed by atoms with Crippen molar-refractivity contribution in [2.45, 2.75) is 39.2 Å². The molecule has 1 N–H and O–H groups in total. The Hall–Kier alpha value is -1.49. The summed E-state index contributed by atoms with van der Waals surface area (Å²) < 4.78 is 0. The van der Waals surface area contributed by atoms with Gasteiger partial charge in [0.25, 0.3) is 5.69 Å². The van der Waals surface area contributed by atoms with Gasteiger partial charge in [0.15, 0.2) is 0 Å². The molecule has 16 heavy (non-hydrogen) atoms. The fraction of sp³-hybridized carbons (Fsp3) is 0.545. The van der Waals surface area contributed by atoms with E-state index in [1.54, 1.807) is 13.8 Å². The summed E-state index contributed by atoms with van der Waals surface area (Å²) in [5.41, 5.74) is 1.17. The van der Waals surface area contributed by atoms with Crippen molar-refractivity contribution in [3.63, 3.8) is 0 Å². The molecule has 2 unspecified atom stereocenters. The van der Waals surface area contributed by atoms with Crippen molar-refractivity contribution in [1.29, 1.82) is 0 Å². The van der Waals surface area contributed by atoms with Crippen molar-refractivity contribution < 1.29 is 10.0 Å². The Morgan fingerprint density at radius 1 is 1.62 bits per heavy atom. The van der Waals surface area contributed by atoms with Crippen LogP contribution in [0.1, 0.15) is 37.4 Å². The predicted molar refractivity (Wildman–Crippen MR) is 60.3 cm³/mol. The molecule has 2 atom stereocenters. The third-order valence-electron chi connectivity index (χ3n) is 2.69. The Labute approximate surface area is 94.3 Å². The zero-order valence-corrected chi connectivity index (χ0v) is 9.67. The summed E-state index contributed by atoms with van der Waals surface area (Å²) in [6, 6.07) is 1.45. The zero-order valence-electron chi connectivity index (χ0n) is 9.67. The van der Waals surface area contributed by atoms with Crippen molar-refractivity contribution in [3.8, 4) is 0 Å². The van der Waals surface area contributed by atoms with E-state index in [4.69, 9.17) is 0 Å². The maximum Gasteiger partial charge on any atom is 0.275 e. The Bertz CT molecular complexity index is 391. The van der Waals surface area contributed by atoms with Crippen LogP contribution in [0.5, 0.6) is 0 Å². The molecule has 0 saturated carbocycles. The smallest absolute Gasteiger partial charge is 0.275 e. The fourth-order valence-corrected chi connectivity index (χ4v) is 1.73. The maximum atomic E-state index is 10.8. The Balaban J connectivity index is 3.15. The highest BCUT2D eigenvalue weighted by molar-refractivity contribution is 5.39. The van der Waals surface area contributed by atoms with Crippen LogP contribution in [0.4, 0.5) is 5.69 Å². The van der Waals surface area contributed by atoms with Crippen molar-refractivity contribution >= 4 is 5.69 Å². The van der Waals surface area contributed by atoms with Crippen LogP contribution in [0.2, 0.25) is 0 Å². The van der Waals surface area contributed by atoms with Gasteiger partial charge in [0.2, 0.25) is 0 Å². The second-order valence-electron chi connectivity index (χ2n) is 3.91. The molecule has 1 aromatic heterocycles. The van der Waals surface area contributed by atoms with E-state index in [1.807, 2.05) is 6.92 Å². The van der Waals surface area contributed by atoms with Gasteiger partial charge < -0.3 is 5.11 Å². The van der Waals surface area contributed by atoms with Gasteiger partial charge >= 0.3 is 0 Å². The number of rotatable bonds is 4. The van der Waals surface area contributed by atoms with Gasteiger partial charge in [-0.3, -0.25) is 15.1 Å². The summed E-state index contributed by atoms with van der Waals surface area (Å²) in [6.45, 7) is 5.24. The normalized spacial score (nSPS) is 14.5. The van der Waals surface area contributed by atoms with Crippen LogP contribution in [0.25, 0.3) is 0 Å². The van der Waals surface area contributed by atoms with E-state index >= 15 is 0 Å². The summed E-state index contributed by atoms with van der Waals surface area (Å²) in [7, 11) is 0. The quantitative estimate of drug-likeness (QED) is 0.628. The molecule has 1 rings (SSSR count). The molecule has 0 aliphatic heterocycles. The minimum atomic E-state index is -0.556. The van der Waals surface area contributed by atoms with E-state index in [-0.39, 0.29) is 11.6 Å². The van der Waals surface area contributed by atoms with Crippen LogP contribution in [-0.4, -0.2) is 21.1 Å². The summed E-state index contributed by atoms with van der Waals surface area (Å²) in [5.74, 6) is -0.153. The fourth-order valence-electron chi connectivity index (χ4n) is 1.73. The van der Waals surface area contributed by atoms with Crippen LogP contribution < -0.4 is 0 Å². The Morgan fingerprint density at radius 2 is 2.25 bits per heavy atom. The molecule has 0 fully saturated rings. The highest BCUT2D eigenvalue weighted by Crippen LogP contribution is 2.26. The Kier molecular flexibility index (Phi) is 3.95. The topological polar surface area (TPSA) is 76.3 Å². The average molecular weight is 224 g/mol. The summed E-state index contributed by atoms with van der Waals surface area (Å²) in [5, 5.41) is 20.3. The van der Waals surface area contributed by atoms with E-state index < -0.39 is 11.0 Å². The molecule has 5 heteroatoms. The molecule has 0 aromatic carbocycles. The molecule has 0 spiro atoms. The molecule has 5 nitrogen and oxygen atoms in total. The van der Waals surface area contributed by atoms with Crippen LogP contribution in [0.15, 0.2) is 12.3 Å². The molecule has 0 saturated heterocycles. The van der Waals surface area contributed by atoms with Gasteiger partial charge in [-0.1, -0.05) is 6.92 Å². The number of nitrogens with zero attached hydrogens (tertiary/aromatic N) is 2. The second kappa shape index (κ2) is 5.03. The number of aromatic nitrogens is 1. The number of hydrogen-bond donors (Lipinski definition) is 1. The molecule has 0 aliphatic carbocycles. The van der Waals surface area contributed by atoms with Gasteiger partial charge in [0.1, 0.15) is 0 Å².